The zero-order chi connectivity index (χ0) is 23.8. The highest BCUT2D eigenvalue weighted by atomic mass is 32.2. The topological polar surface area (TPSA) is 71.5 Å². The SMILES string of the molecule is CCC(NC(=O)c1ccc(CSc2nc(C)cs2)cc1)c1ccccc1OCC(=O)N(C)C. The van der Waals surface area contributed by atoms with E-state index in [2.05, 4.69) is 10.3 Å². The van der Waals surface area contributed by atoms with Gasteiger partial charge in [-0.3, -0.25) is 9.59 Å². The van der Waals surface area contributed by atoms with Gasteiger partial charge in [-0.1, -0.05) is 49.0 Å². The second kappa shape index (κ2) is 11.9. The first-order valence-electron chi connectivity index (χ1n) is 10.7. The molecule has 0 saturated heterocycles. The standard InChI is InChI=1S/C25H29N3O3S2/c1-5-21(20-8-6-7-9-22(20)31-14-23(29)28(3)4)27-24(30)19-12-10-18(11-13-19)16-33-25-26-17(2)15-32-25/h6-13,15,21H,5,14,16H2,1-4H3,(H,27,30). The van der Waals surface area contributed by atoms with E-state index >= 15 is 0 Å². The van der Waals surface area contributed by atoms with Crippen molar-refractivity contribution in [2.24, 2.45) is 0 Å². The molecular formula is C25H29N3O3S2. The molecule has 0 spiro atoms. The summed E-state index contributed by atoms with van der Waals surface area (Å²) in [5, 5.41) is 5.15. The fourth-order valence-electron chi connectivity index (χ4n) is 3.11. The zero-order valence-electron chi connectivity index (χ0n) is 19.3. The van der Waals surface area contributed by atoms with Gasteiger partial charge in [0.25, 0.3) is 11.8 Å². The van der Waals surface area contributed by atoms with E-state index in [0.717, 1.165) is 26.9 Å². The van der Waals surface area contributed by atoms with Crippen molar-refractivity contribution in [3.05, 3.63) is 76.3 Å². The Morgan fingerprint density at radius 3 is 2.52 bits per heavy atom. The summed E-state index contributed by atoms with van der Waals surface area (Å²) in [6, 6.07) is 14.9. The van der Waals surface area contributed by atoms with Gasteiger partial charge >= 0.3 is 0 Å². The van der Waals surface area contributed by atoms with Gasteiger partial charge in [-0.2, -0.15) is 0 Å². The van der Waals surface area contributed by atoms with Crippen LogP contribution in [0, 0.1) is 6.92 Å². The number of thioether (sulfide) groups is 1. The van der Waals surface area contributed by atoms with Gasteiger partial charge in [-0.25, -0.2) is 4.98 Å². The van der Waals surface area contributed by atoms with E-state index in [9.17, 15) is 9.59 Å². The number of amides is 2. The van der Waals surface area contributed by atoms with Gasteiger partial charge in [0.05, 0.1) is 6.04 Å². The van der Waals surface area contributed by atoms with Crippen molar-refractivity contribution in [1.82, 2.24) is 15.2 Å². The third kappa shape index (κ3) is 7.07. The number of ether oxygens (including phenoxy) is 1. The Labute approximate surface area is 203 Å². The number of rotatable bonds is 10. The van der Waals surface area contributed by atoms with Gasteiger partial charge in [0.15, 0.2) is 6.61 Å². The second-order valence-corrected chi connectivity index (χ2v) is 9.87. The Kier molecular flexibility index (Phi) is 8.91. The minimum atomic E-state index is -0.230. The molecule has 0 bridgehead atoms. The fourth-order valence-corrected chi connectivity index (χ4v) is 4.91. The van der Waals surface area contributed by atoms with Crippen LogP contribution in [0.3, 0.4) is 0 Å². The van der Waals surface area contributed by atoms with Crippen LogP contribution in [0.1, 0.15) is 46.6 Å². The zero-order valence-corrected chi connectivity index (χ0v) is 21.0. The average molecular weight is 484 g/mol. The fraction of sp³-hybridized carbons (Fsp3) is 0.320. The van der Waals surface area contributed by atoms with Crippen LogP contribution in [-0.2, 0) is 10.5 Å². The number of carbonyl (C=O) groups is 2. The summed E-state index contributed by atoms with van der Waals surface area (Å²) in [7, 11) is 3.38. The summed E-state index contributed by atoms with van der Waals surface area (Å²) in [4.78, 5) is 30.8. The van der Waals surface area contributed by atoms with Crippen LogP contribution < -0.4 is 10.1 Å². The van der Waals surface area contributed by atoms with Crippen molar-refractivity contribution in [3.8, 4) is 5.75 Å². The lowest BCUT2D eigenvalue weighted by Gasteiger charge is -2.21. The van der Waals surface area contributed by atoms with Gasteiger partial charge in [-0.15, -0.1) is 11.3 Å². The van der Waals surface area contributed by atoms with Crippen LogP contribution in [0.5, 0.6) is 5.75 Å². The molecule has 174 valence electrons. The van der Waals surface area contributed by atoms with Crippen molar-refractivity contribution in [2.45, 2.75) is 36.4 Å². The number of nitrogens with zero attached hydrogens (tertiary/aromatic N) is 2. The molecule has 1 N–H and O–H groups in total. The van der Waals surface area contributed by atoms with E-state index in [1.165, 1.54) is 4.90 Å². The first kappa shape index (κ1) is 24.8. The van der Waals surface area contributed by atoms with Crippen molar-refractivity contribution >= 4 is 34.9 Å². The summed E-state index contributed by atoms with van der Waals surface area (Å²) in [5.41, 5.74) is 3.64. The average Bonchev–Trinajstić information content (AvgIpc) is 3.25. The molecule has 8 heteroatoms. The monoisotopic (exact) mass is 483 g/mol. The maximum absolute atomic E-state index is 12.9. The first-order chi connectivity index (χ1) is 15.9. The first-order valence-corrected chi connectivity index (χ1v) is 12.6. The summed E-state index contributed by atoms with van der Waals surface area (Å²) in [5.74, 6) is 1.15. The lowest BCUT2D eigenvalue weighted by Crippen LogP contribution is -2.30. The number of para-hydroxylation sites is 1. The van der Waals surface area contributed by atoms with Crippen LogP contribution in [-0.4, -0.2) is 42.4 Å². The Bertz CT molecular complexity index is 1080. The Hall–Kier alpha value is -2.84. The Morgan fingerprint density at radius 2 is 1.88 bits per heavy atom. The predicted octanol–water partition coefficient (Wildman–Crippen LogP) is 5.09. The highest BCUT2D eigenvalue weighted by Gasteiger charge is 2.18. The third-order valence-corrected chi connectivity index (χ3v) is 7.24. The molecule has 1 atom stereocenters. The molecule has 6 nitrogen and oxygen atoms in total. The summed E-state index contributed by atoms with van der Waals surface area (Å²) >= 11 is 3.34. The number of likely N-dealkylation sites (N-methyl/N-ethyl adjacent to an activating group) is 1. The largest absolute Gasteiger partial charge is 0.483 e. The summed E-state index contributed by atoms with van der Waals surface area (Å²) < 4.78 is 6.81. The van der Waals surface area contributed by atoms with Gasteiger partial charge in [0, 0.05) is 42.0 Å². The second-order valence-electron chi connectivity index (χ2n) is 7.79. The van der Waals surface area contributed by atoms with Crippen LogP contribution in [0.25, 0.3) is 0 Å². The minimum Gasteiger partial charge on any atom is -0.483 e. The van der Waals surface area contributed by atoms with E-state index in [-0.39, 0.29) is 24.5 Å². The number of benzene rings is 2. The third-order valence-electron chi connectivity index (χ3n) is 5.03. The molecular weight excluding hydrogens is 454 g/mol. The molecule has 1 unspecified atom stereocenters. The maximum atomic E-state index is 12.9. The molecule has 0 aliphatic rings. The molecule has 0 fully saturated rings. The normalized spacial score (nSPS) is 11.6. The highest BCUT2D eigenvalue weighted by Crippen LogP contribution is 2.28. The Balaban J connectivity index is 1.63. The smallest absolute Gasteiger partial charge is 0.259 e. The van der Waals surface area contributed by atoms with Gasteiger partial charge in [0.1, 0.15) is 10.1 Å². The summed E-state index contributed by atoms with van der Waals surface area (Å²) in [6.45, 7) is 3.95. The molecule has 0 radical (unpaired) electrons. The molecule has 0 aliphatic carbocycles. The number of aryl methyl sites for hydroxylation is 1. The number of hydrogen-bond acceptors (Lipinski definition) is 6. The van der Waals surface area contributed by atoms with E-state index in [0.29, 0.717) is 17.7 Å². The number of hydrogen-bond donors (Lipinski definition) is 1. The van der Waals surface area contributed by atoms with E-state index < -0.39 is 0 Å². The molecule has 1 heterocycles. The molecule has 33 heavy (non-hydrogen) atoms. The molecule has 3 rings (SSSR count). The summed E-state index contributed by atoms with van der Waals surface area (Å²) in [6.07, 6.45) is 0.690. The van der Waals surface area contributed by atoms with Crippen LogP contribution in [0.4, 0.5) is 0 Å². The van der Waals surface area contributed by atoms with Crippen LogP contribution in [0.2, 0.25) is 0 Å². The number of nitrogens with one attached hydrogen (secondary N) is 1. The van der Waals surface area contributed by atoms with Crippen molar-refractivity contribution < 1.29 is 14.3 Å². The molecule has 0 saturated carbocycles. The van der Waals surface area contributed by atoms with Crippen molar-refractivity contribution in [1.29, 1.82) is 0 Å². The van der Waals surface area contributed by atoms with E-state index in [1.807, 2.05) is 67.8 Å². The van der Waals surface area contributed by atoms with Crippen LogP contribution >= 0.6 is 23.1 Å². The maximum Gasteiger partial charge on any atom is 0.259 e. The van der Waals surface area contributed by atoms with Crippen molar-refractivity contribution in [3.63, 3.8) is 0 Å². The molecule has 3 aromatic rings. The minimum absolute atomic E-state index is 0.0472. The molecule has 2 amide bonds. The highest BCUT2D eigenvalue weighted by molar-refractivity contribution is 8.00. The molecule has 2 aromatic carbocycles. The van der Waals surface area contributed by atoms with Gasteiger partial charge in [-0.05, 0) is 37.1 Å². The lowest BCUT2D eigenvalue weighted by molar-refractivity contribution is -0.130. The number of carbonyl (C=O) groups excluding carboxylic acids is 2. The number of thiazole rings is 1. The lowest BCUT2D eigenvalue weighted by atomic mass is 10.0. The van der Waals surface area contributed by atoms with Crippen LogP contribution in [0.15, 0.2) is 58.3 Å². The van der Waals surface area contributed by atoms with Crippen molar-refractivity contribution in [2.75, 3.05) is 20.7 Å². The number of aromatic nitrogens is 1. The quantitative estimate of drug-likeness (QED) is 0.407. The predicted molar refractivity (Wildman–Crippen MR) is 134 cm³/mol. The van der Waals surface area contributed by atoms with Gasteiger partial charge in [0.2, 0.25) is 0 Å². The van der Waals surface area contributed by atoms with Gasteiger partial charge < -0.3 is 15.0 Å². The molecule has 1 aromatic heterocycles. The Morgan fingerprint density at radius 1 is 1.15 bits per heavy atom. The van der Waals surface area contributed by atoms with E-state index in [1.54, 1.807) is 37.2 Å². The van der Waals surface area contributed by atoms with E-state index in [4.69, 9.17) is 4.74 Å². The molecule has 0 aliphatic heterocycles.